The van der Waals surface area contributed by atoms with Gasteiger partial charge in [-0.25, -0.2) is 0 Å². The van der Waals surface area contributed by atoms with E-state index in [4.69, 9.17) is 9.47 Å². The maximum Gasteiger partial charge on any atom is 0.193 e. The number of hydrogen-bond acceptors (Lipinski definition) is 3. The van der Waals surface area contributed by atoms with E-state index >= 15 is 0 Å². The number of benzene rings is 1. The summed E-state index contributed by atoms with van der Waals surface area (Å²) in [6, 6.07) is 10.8. The van der Waals surface area contributed by atoms with Crippen LogP contribution in [0.25, 0.3) is 0 Å². The zero-order chi connectivity index (χ0) is 20.5. The van der Waals surface area contributed by atoms with Crippen molar-refractivity contribution >= 4 is 29.9 Å². The Morgan fingerprint density at radius 1 is 1.17 bits per heavy atom. The molecule has 2 atom stereocenters. The maximum atomic E-state index is 6.16. The zero-order valence-electron chi connectivity index (χ0n) is 18.9. The van der Waals surface area contributed by atoms with Crippen molar-refractivity contribution in [1.29, 1.82) is 0 Å². The minimum atomic E-state index is 0. The molecule has 6 heteroatoms. The van der Waals surface area contributed by atoms with E-state index in [0.717, 1.165) is 58.1 Å². The van der Waals surface area contributed by atoms with Crippen LogP contribution in [0.15, 0.2) is 35.3 Å². The third-order valence-electron chi connectivity index (χ3n) is 6.26. The first-order valence-corrected chi connectivity index (χ1v) is 11.4. The molecule has 170 valence electrons. The Labute approximate surface area is 200 Å². The first-order chi connectivity index (χ1) is 14.2. The molecule has 0 aliphatic carbocycles. The molecule has 1 N–H and O–H groups in total. The number of hydrogen-bond donors (Lipinski definition) is 1. The Morgan fingerprint density at radius 3 is 2.50 bits per heavy atom. The number of halogens is 1. The van der Waals surface area contributed by atoms with Crippen LogP contribution >= 0.6 is 24.0 Å². The highest BCUT2D eigenvalue weighted by Gasteiger charge is 2.24. The summed E-state index contributed by atoms with van der Waals surface area (Å²) in [7, 11) is 1.89. The molecule has 0 saturated carbocycles. The van der Waals surface area contributed by atoms with Crippen molar-refractivity contribution in [2.75, 3.05) is 39.9 Å². The van der Waals surface area contributed by atoms with Gasteiger partial charge in [0, 0.05) is 39.2 Å². The summed E-state index contributed by atoms with van der Waals surface area (Å²) >= 11 is 0. The Balaban J connectivity index is 0.00000320. The molecule has 2 fully saturated rings. The number of ether oxygens (including phenoxy) is 2. The van der Waals surface area contributed by atoms with Crippen LogP contribution in [0.3, 0.4) is 0 Å². The van der Waals surface area contributed by atoms with Gasteiger partial charge in [-0.05, 0) is 43.6 Å². The maximum absolute atomic E-state index is 6.16. The van der Waals surface area contributed by atoms with E-state index in [1.807, 2.05) is 7.05 Å². The fraction of sp³-hybridized carbons (Fsp3) is 0.708. The standard InChI is InChI=1S/C24H39N3O2.HI/c1-19(2)23(20-9-5-4-6-10-20)17-26-24(25-3)27-14-12-21(13-15-27)29-18-22-11-7-8-16-28-22;/h4-6,9-10,19,21-23H,7-8,11-18H2,1-3H3,(H,25,26);1H. The molecule has 30 heavy (non-hydrogen) atoms. The molecule has 2 unspecified atom stereocenters. The summed E-state index contributed by atoms with van der Waals surface area (Å²) < 4.78 is 12.0. The molecule has 2 aliphatic heterocycles. The molecule has 0 amide bonds. The highest BCUT2D eigenvalue weighted by molar-refractivity contribution is 14.0. The first-order valence-electron chi connectivity index (χ1n) is 11.4. The number of guanidine groups is 1. The van der Waals surface area contributed by atoms with E-state index in [-0.39, 0.29) is 24.0 Å². The normalized spacial score (nSPS) is 21.9. The predicted molar refractivity (Wildman–Crippen MR) is 135 cm³/mol. The second-order valence-electron chi connectivity index (χ2n) is 8.70. The quantitative estimate of drug-likeness (QED) is 0.317. The van der Waals surface area contributed by atoms with Crippen LogP contribution in [0, 0.1) is 5.92 Å². The molecule has 1 aromatic rings. The van der Waals surface area contributed by atoms with Crippen LogP contribution in [0.2, 0.25) is 0 Å². The predicted octanol–water partition coefficient (Wildman–Crippen LogP) is 4.67. The van der Waals surface area contributed by atoms with Gasteiger partial charge in [-0.1, -0.05) is 44.2 Å². The number of rotatable bonds is 7. The number of piperidine rings is 1. The Morgan fingerprint density at radius 2 is 1.90 bits per heavy atom. The van der Waals surface area contributed by atoms with Crippen LogP contribution in [0.1, 0.15) is 57.4 Å². The lowest BCUT2D eigenvalue weighted by atomic mass is 9.88. The topological polar surface area (TPSA) is 46.1 Å². The molecule has 2 saturated heterocycles. The van der Waals surface area contributed by atoms with Crippen LogP contribution in [0.5, 0.6) is 0 Å². The SMILES string of the molecule is CN=C(NCC(c1ccccc1)C(C)C)N1CCC(OCC2CCCCO2)CC1.I. The van der Waals surface area contributed by atoms with Gasteiger partial charge in [-0.3, -0.25) is 4.99 Å². The van der Waals surface area contributed by atoms with Crippen LogP contribution in [-0.2, 0) is 9.47 Å². The zero-order valence-corrected chi connectivity index (χ0v) is 21.2. The number of nitrogens with zero attached hydrogens (tertiary/aromatic N) is 2. The fourth-order valence-electron chi connectivity index (χ4n) is 4.39. The van der Waals surface area contributed by atoms with Crippen molar-refractivity contribution in [2.45, 2.75) is 64.1 Å². The van der Waals surface area contributed by atoms with Crippen LogP contribution < -0.4 is 5.32 Å². The minimum Gasteiger partial charge on any atom is -0.376 e. The molecule has 0 bridgehead atoms. The van der Waals surface area contributed by atoms with E-state index in [1.54, 1.807) is 0 Å². The number of likely N-dealkylation sites (tertiary alicyclic amines) is 1. The first kappa shape index (κ1) is 25.4. The van der Waals surface area contributed by atoms with Crippen LogP contribution in [0.4, 0.5) is 0 Å². The van der Waals surface area contributed by atoms with Gasteiger partial charge in [-0.15, -0.1) is 24.0 Å². The van der Waals surface area contributed by atoms with E-state index < -0.39 is 0 Å². The molecular formula is C24H40IN3O2. The fourth-order valence-corrected chi connectivity index (χ4v) is 4.39. The second kappa shape index (κ2) is 13.5. The van der Waals surface area contributed by atoms with E-state index in [1.165, 1.54) is 18.4 Å². The van der Waals surface area contributed by atoms with E-state index in [0.29, 0.717) is 24.0 Å². The van der Waals surface area contributed by atoms with Gasteiger partial charge in [-0.2, -0.15) is 0 Å². The van der Waals surface area contributed by atoms with Gasteiger partial charge >= 0.3 is 0 Å². The lowest BCUT2D eigenvalue weighted by molar-refractivity contribution is -0.0721. The van der Waals surface area contributed by atoms with E-state index in [9.17, 15) is 0 Å². The van der Waals surface area contributed by atoms with E-state index in [2.05, 4.69) is 59.4 Å². The smallest absolute Gasteiger partial charge is 0.193 e. The molecular weight excluding hydrogens is 489 g/mol. The average Bonchev–Trinajstić information content (AvgIpc) is 2.77. The van der Waals surface area contributed by atoms with Crippen LogP contribution in [-0.4, -0.2) is 63.0 Å². The van der Waals surface area contributed by atoms with Crippen molar-refractivity contribution in [3.05, 3.63) is 35.9 Å². The Kier molecular flexibility index (Phi) is 11.5. The molecule has 5 nitrogen and oxygen atoms in total. The monoisotopic (exact) mass is 529 g/mol. The molecule has 0 radical (unpaired) electrons. The Hall–Kier alpha value is -0.860. The highest BCUT2D eigenvalue weighted by atomic mass is 127. The Bertz CT molecular complexity index is 612. The highest BCUT2D eigenvalue weighted by Crippen LogP contribution is 2.24. The third kappa shape index (κ3) is 7.68. The minimum absolute atomic E-state index is 0. The van der Waals surface area contributed by atoms with Gasteiger partial charge < -0.3 is 19.7 Å². The summed E-state index contributed by atoms with van der Waals surface area (Å²) in [6.07, 6.45) is 6.38. The largest absolute Gasteiger partial charge is 0.376 e. The summed E-state index contributed by atoms with van der Waals surface area (Å²) in [4.78, 5) is 6.93. The molecule has 1 aromatic carbocycles. The van der Waals surface area contributed by atoms with Crippen molar-refractivity contribution in [3.63, 3.8) is 0 Å². The molecule has 2 heterocycles. The molecule has 2 aliphatic rings. The average molecular weight is 530 g/mol. The van der Waals surface area contributed by atoms with Gasteiger partial charge in [0.25, 0.3) is 0 Å². The van der Waals surface area contributed by atoms with Gasteiger partial charge in [0.05, 0.1) is 18.8 Å². The van der Waals surface area contributed by atoms with Gasteiger partial charge in [0.15, 0.2) is 5.96 Å². The lowest BCUT2D eigenvalue weighted by Gasteiger charge is -2.35. The molecule has 0 spiro atoms. The van der Waals surface area contributed by atoms with Gasteiger partial charge in [0.1, 0.15) is 0 Å². The number of aliphatic imine (C=N–C) groups is 1. The summed E-state index contributed by atoms with van der Waals surface area (Å²) in [5.74, 6) is 2.06. The molecule has 3 rings (SSSR count). The summed E-state index contributed by atoms with van der Waals surface area (Å²) in [5.41, 5.74) is 1.39. The van der Waals surface area contributed by atoms with Crippen molar-refractivity contribution < 1.29 is 9.47 Å². The van der Waals surface area contributed by atoms with Crippen molar-refractivity contribution in [1.82, 2.24) is 10.2 Å². The summed E-state index contributed by atoms with van der Waals surface area (Å²) in [6.45, 7) is 9.13. The number of nitrogens with one attached hydrogen (secondary N) is 1. The molecule has 0 aromatic heterocycles. The van der Waals surface area contributed by atoms with Crippen molar-refractivity contribution in [3.8, 4) is 0 Å². The van der Waals surface area contributed by atoms with Crippen molar-refractivity contribution in [2.24, 2.45) is 10.9 Å². The van der Waals surface area contributed by atoms with Gasteiger partial charge in [0.2, 0.25) is 0 Å². The summed E-state index contributed by atoms with van der Waals surface area (Å²) in [5, 5.41) is 3.63. The third-order valence-corrected chi connectivity index (χ3v) is 6.26. The lowest BCUT2D eigenvalue weighted by Crippen LogP contribution is -2.48. The second-order valence-corrected chi connectivity index (χ2v) is 8.70.